The first kappa shape index (κ1) is 21.9. The van der Waals surface area contributed by atoms with Crippen molar-refractivity contribution in [1.29, 1.82) is 0 Å². The van der Waals surface area contributed by atoms with E-state index in [1.54, 1.807) is 24.9 Å². The number of aromatic amines is 2. The first-order chi connectivity index (χ1) is 17.5. The van der Waals surface area contributed by atoms with Crippen molar-refractivity contribution < 1.29 is 4.74 Å². The van der Waals surface area contributed by atoms with Crippen LogP contribution in [0.4, 0.5) is 0 Å². The van der Waals surface area contributed by atoms with E-state index < -0.39 is 0 Å². The summed E-state index contributed by atoms with van der Waals surface area (Å²) in [6, 6.07) is 7.74. The molecule has 6 aromatic rings. The Hall–Kier alpha value is -4.64. The van der Waals surface area contributed by atoms with E-state index in [-0.39, 0.29) is 0 Å². The molecule has 0 amide bonds. The van der Waals surface area contributed by atoms with Gasteiger partial charge in [-0.15, -0.1) is 0 Å². The van der Waals surface area contributed by atoms with Crippen LogP contribution in [0.5, 0.6) is 5.75 Å². The SMILES string of the molecule is Cc1cn(-c2ccnc3[nH]c(-c4n[nH]c5ccc(-c6cncc(OCCN(C)C)c6)nc45)nc23)cn1. The highest BCUT2D eigenvalue weighted by Crippen LogP contribution is 2.29. The van der Waals surface area contributed by atoms with Gasteiger partial charge in [-0.25, -0.2) is 19.9 Å². The van der Waals surface area contributed by atoms with Gasteiger partial charge in [0.2, 0.25) is 0 Å². The van der Waals surface area contributed by atoms with E-state index in [1.165, 1.54) is 0 Å². The summed E-state index contributed by atoms with van der Waals surface area (Å²) in [4.78, 5) is 28.2. The molecular formula is C25H24N10O. The number of H-pyrrole nitrogens is 2. The molecule has 0 aromatic carbocycles. The zero-order chi connectivity index (χ0) is 24.6. The topological polar surface area (TPSA) is 126 Å². The van der Waals surface area contributed by atoms with E-state index >= 15 is 0 Å². The zero-order valence-electron chi connectivity index (χ0n) is 20.1. The van der Waals surface area contributed by atoms with Gasteiger partial charge in [-0.1, -0.05) is 0 Å². The van der Waals surface area contributed by atoms with Gasteiger partial charge in [0.1, 0.15) is 23.4 Å². The van der Waals surface area contributed by atoms with E-state index in [2.05, 4.69) is 35.0 Å². The van der Waals surface area contributed by atoms with E-state index in [9.17, 15) is 0 Å². The second-order valence-electron chi connectivity index (χ2n) is 8.76. The number of likely N-dealkylation sites (N-methyl/N-ethyl adjacent to an activating group) is 1. The molecule has 11 heteroatoms. The Kier molecular flexibility index (Phi) is 5.38. The Morgan fingerprint density at radius 2 is 1.97 bits per heavy atom. The van der Waals surface area contributed by atoms with Gasteiger partial charge in [-0.3, -0.25) is 10.1 Å². The van der Waals surface area contributed by atoms with Crippen molar-refractivity contribution in [3.8, 4) is 34.2 Å². The number of aryl methyl sites for hydroxylation is 1. The Balaban J connectivity index is 1.37. The average Bonchev–Trinajstić information content (AvgIpc) is 3.61. The van der Waals surface area contributed by atoms with Crippen molar-refractivity contribution in [3.05, 3.63) is 61.1 Å². The van der Waals surface area contributed by atoms with Gasteiger partial charge in [0, 0.05) is 30.7 Å². The van der Waals surface area contributed by atoms with Gasteiger partial charge >= 0.3 is 0 Å². The lowest BCUT2D eigenvalue weighted by Gasteiger charge is -2.11. The van der Waals surface area contributed by atoms with Crippen LogP contribution >= 0.6 is 0 Å². The van der Waals surface area contributed by atoms with Gasteiger partial charge in [0.15, 0.2) is 17.2 Å². The highest BCUT2D eigenvalue weighted by atomic mass is 16.5. The van der Waals surface area contributed by atoms with Crippen molar-refractivity contribution in [1.82, 2.24) is 49.6 Å². The minimum Gasteiger partial charge on any atom is -0.491 e. The van der Waals surface area contributed by atoms with Crippen LogP contribution in [0.3, 0.4) is 0 Å². The normalized spacial score (nSPS) is 11.7. The van der Waals surface area contributed by atoms with Gasteiger partial charge in [0.25, 0.3) is 0 Å². The number of ether oxygens (including phenoxy) is 1. The lowest BCUT2D eigenvalue weighted by atomic mass is 10.1. The highest BCUT2D eigenvalue weighted by molar-refractivity contribution is 5.92. The second kappa shape index (κ2) is 8.86. The number of nitrogens with one attached hydrogen (secondary N) is 2. The fourth-order valence-corrected chi connectivity index (χ4v) is 3.98. The van der Waals surface area contributed by atoms with Crippen LogP contribution in [0.1, 0.15) is 5.69 Å². The van der Waals surface area contributed by atoms with Gasteiger partial charge in [0.05, 0.1) is 35.1 Å². The third kappa shape index (κ3) is 4.05. The maximum Gasteiger partial charge on any atom is 0.162 e. The summed E-state index contributed by atoms with van der Waals surface area (Å²) in [5.74, 6) is 1.28. The predicted molar refractivity (Wildman–Crippen MR) is 136 cm³/mol. The Morgan fingerprint density at radius 1 is 1.06 bits per heavy atom. The lowest BCUT2D eigenvalue weighted by molar-refractivity contribution is 0.261. The molecule has 36 heavy (non-hydrogen) atoms. The van der Waals surface area contributed by atoms with Crippen molar-refractivity contribution >= 4 is 22.2 Å². The first-order valence-electron chi connectivity index (χ1n) is 11.5. The predicted octanol–water partition coefficient (Wildman–Crippen LogP) is 3.39. The smallest absolute Gasteiger partial charge is 0.162 e. The van der Waals surface area contributed by atoms with E-state index in [4.69, 9.17) is 14.7 Å². The van der Waals surface area contributed by atoms with E-state index in [0.717, 1.165) is 40.2 Å². The number of hydrogen-bond acceptors (Lipinski definition) is 8. The number of imidazole rings is 2. The summed E-state index contributed by atoms with van der Waals surface area (Å²) >= 11 is 0. The molecule has 0 saturated heterocycles. The molecule has 0 fully saturated rings. The molecule has 0 radical (unpaired) electrons. The van der Waals surface area contributed by atoms with Crippen LogP contribution in [0.25, 0.3) is 50.7 Å². The summed E-state index contributed by atoms with van der Waals surface area (Å²) in [5.41, 5.74) is 6.93. The maximum atomic E-state index is 5.85. The quantitative estimate of drug-likeness (QED) is 0.356. The molecule has 180 valence electrons. The molecule has 0 aliphatic carbocycles. The largest absolute Gasteiger partial charge is 0.491 e. The highest BCUT2D eigenvalue weighted by Gasteiger charge is 2.17. The molecule has 0 atom stereocenters. The van der Waals surface area contributed by atoms with Crippen molar-refractivity contribution in [2.45, 2.75) is 6.92 Å². The summed E-state index contributed by atoms with van der Waals surface area (Å²) in [6.07, 6.45) is 8.95. The number of hydrogen-bond donors (Lipinski definition) is 2. The van der Waals surface area contributed by atoms with Crippen LogP contribution in [-0.4, -0.2) is 76.8 Å². The van der Waals surface area contributed by atoms with Gasteiger partial charge in [-0.2, -0.15) is 5.10 Å². The summed E-state index contributed by atoms with van der Waals surface area (Å²) in [5, 5.41) is 7.56. The third-order valence-corrected chi connectivity index (χ3v) is 5.80. The second-order valence-corrected chi connectivity index (χ2v) is 8.76. The number of rotatable bonds is 7. The average molecular weight is 481 g/mol. The minimum atomic E-state index is 0.580. The molecule has 0 saturated carbocycles. The molecule has 6 heterocycles. The number of aromatic nitrogens is 9. The molecule has 0 unspecified atom stereocenters. The monoisotopic (exact) mass is 480 g/mol. The molecule has 6 aromatic heterocycles. The standard InChI is InChI=1S/C25H24N10O/c1-15-13-35(14-28-15)20-6-7-27-24-22(20)30-25(31-24)23-21-19(32-33-23)5-4-18(29-21)16-10-17(12-26-11-16)36-9-8-34(2)3/h4-7,10-14H,8-9H2,1-3H3,(H,32,33)(H,27,30,31). The molecule has 0 aliphatic rings. The molecule has 0 spiro atoms. The van der Waals surface area contributed by atoms with Crippen LogP contribution in [-0.2, 0) is 0 Å². The molecule has 11 nitrogen and oxygen atoms in total. The lowest BCUT2D eigenvalue weighted by Crippen LogP contribution is -2.19. The number of nitrogens with zero attached hydrogens (tertiary/aromatic N) is 8. The summed E-state index contributed by atoms with van der Waals surface area (Å²) in [7, 11) is 4.02. The molecule has 0 bridgehead atoms. The van der Waals surface area contributed by atoms with Crippen LogP contribution in [0, 0.1) is 6.92 Å². The van der Waals surface area contributed by atoms with Crippen molar-refractivity contribution in [2.75, 3.05) is 27.2 Å². The maximum absolute atomic E-state index is 5.85. The molecule has 6 rings (SSSR count). The van der Waals surface area contributed by atoms with E-state index in [0.29, 0.717) is 35.0 Å². The fraction of sp³-hybridized carbons (Fsp3) is 0.200. The number of pyridine rings is 3. The first-order valence-corrected chi connectivity index (χ1v) is 11.5. The van der Waals surface area contributed by atoms with Gasteiger partial charge < -0.3 is 19.2 Å². The molecular weight excluding hydrogens is 456 g/mol. The van der Waals surface area contributed by atoms with Crippen LogP contribution in [0.2, 0.25) is 0 Å². The van der Waals surface area contributed by atoms with E-state index in [1.807, 2.05) is 56.0 Å². The van der Waals surface area contributed by atoms with Crippen LogP contribution < -0.4 is 4.74 Å². The third-order valence-electron chi connectivity index (χ3n) is 5.80. The van der Waals surface area contributed by atoms with Crippen LogP contribution in [0.15, 0.2) is 55.4 Å². The zero-order valence-corrected chi connectivity index (χ0v) is 20.1. The summed E-state index contributed by atoms with van der Waals surface area (Å²) in [6.45, 7) is 3.35. The van der Waals surface area contributed by atoms with Gasteiger partial charge in [-0.05, 0) is 45.3 Å². The molecule has 0 aliphatic heterocycles. The molecule has 2 N–H and O–H groups in total. The minimum absolute atomic E-state index is 0.580. The van der Waals surface area contributed by atoms with Crippen molar-refractivity contribution in [3.63, 3.8) is 0 Å². The Morgan fingerprint density at radius 3 is 2.81 bits per heavy atom. The fourth-order valence-electron chi connectivity index (χ4n) is 3.98. The number of fused-ring (bicyclic) bond motifs is 2. The summed E-state index contributed by atoms with van der Waals surface area (Å²) < 4.78 is 7.78. The Labute approximate surface area is 206 Å². The van der Waals surface area contributed by atoms with Crippen molar-refractivity contribution in [2.24, 2.45) is 0 Å². The Bertz CT molecular complexity index is 1680.